The number of carbonyl (C=O) groups is 1. The van der Waals surface area contributed by atoms with Crippen LogP contribution in [-0.4, -0.2) is 27.2 Å². The average molecular weight is 339 g/mol. The first-order chi connectivity index (χ1) is 11.6. The Morgan fingerprint density at radius 3 is 2.79 bits per heavy atom. The molecule has 0 aliphatic carbocycles. The van der Waals surface area contributed by atoms with Crippen molar-refractivity contribution in [1.29, 1.82) is 0 Å². The molecule has 0 radical (unpaired) electrons. The molecule has 24 heavy (non-hydrogen) atoms. The second-order valence-electron chi connectivity index (χ2n) is 5.76. The standard InChI is InChI=1S/C18H15ClN4O/c1-12-16(11-23(21-12)15-4-2-14(19)3-5-15)18(24)22-9-7-13-10-20-8-6-17(13)22/h2-6,8,10-11H,7,9H2,1H3. The SMILES string of the molecule is Cc1nn(-c2ccc(Cl)cc2)cc1C(=O)N1CCc2cnccc21. The number of halogens is 1. The van der Waals surface area contributed by atoms with Crippen LogP contribution in [0.2, 0.25) is 5.02 Å². The minimum absolute atomic E-state index is 0.0299. The Morgan fingerprint density at radius 2 is 2.00 bits per heavy atom. The number of benzene rings is 1. The topological polar surface area (TPSA) is 51.0 Å². The number of anilines is 1. The third kappa shape index (κ3) is 2.47. The lowest BCUT2D eigenvalue weighted by atomic mass is 10.2. The fourth-order valence-electron chi connectivity index (χ4n) is 2.98. The number of aromatic nitrogens is 3. The molecule has 1 amide bonds. The van der Waals surface area contributed by atoms with Crippen LogP contribution in [0.25, 0.3) is 5.69 Å². The maximum atomic E-state index is 13.0. The third-order valence-corrected chi connectivity index (χ3v) is 4.49. The van der Waals surface area contributed by atoms with Gasteiger partial charge in [0, 0.05) is 30.2 Å². The van der Waals surface area contributed by atoms with Gasteiger partial charge in [-0.15, -0.1) is 0 Å². The molecule has 1 aliphatic heterocycles. The number of fused-ring (bicyclic) bond motifs is 1. The molecular weight excluding hydrogens is 324 g/mol. The highest BCUT2D eigenvalue weighted by Crippen LogP contribution is 2.28. The van der Waals surface area contributed by atoms with Gasteiger partial charge in [-0.25, -0.2) is 4.68 Å². The van der Waals surface area contributed by atoms with Gasteiger partial charge in [0.2, 0.25) is 0 Å². The molecule has 0 spiro atoms. The number of aryl methyl sites for hydroxylation is 1. The number of nitrogens with zero attached hydrogens (tertiary/aromatic N) is 4. The molecular formula is C18H15ClN4O. The van der Waals surface area contributed by atoms with E-state index in [1.165, 1.54) is 0 Å². The van der Waals surface area contributed by atoms with Crippen LogP contribution in [0.1, 0.15) is 21.6 Å². The van der Waals surface area contributed by atoms with Crippen molar-refractivity contribution >= 4 is 23.2 Å². The molecule has 4 rings (SSSR count). The lowest BCUT2D eigenvalue weighted by molar-refractivity contribution is 0.0989. The van der Waals surface area contributed by atoms with Crippen LogP contribution in [0.3, 0.4) is 0 Å². The molecule has 0 N–H and O–H groups in total. The van der Waals surface area contributed by atoms with Crippen LogP contribution in [0, 0.1) is 6.92 Å². The van der Waals surface area contributed by atoms with Crippen LogP contribution in [0.5, 0.6) is 0 Å². The zero-order valence-electron chi connectivity index (χ0n) is 13.1. The van der Waals surface area contributed by atoms with Crippen molar-refractivity contribution in [2.45, 2.75) is 13.3 Å². The van der Waals surface area contributed by atoms with Gasteiger partial charge in [-0.3, -0.25) is 9.78 Å². The third-order valence-electron chi connectivity index (χ3n) is 4.24. The quantitative estimate of drug-likeness (QED) is 0.719. The molecule has 6 heteroatoms. The van der Waals surface area contributed by atoms with Gasteiger partial charge in [0.15, 0.2) is 0 Å². The van der Waals surface area contributed by atoms with Crippen LogP contribution < -0.4 is 4.90 Å². The molecule has 0 atom stereocenters. The largest absolute Gasteiger partial charge is 0.308 e. The van der Waals surface area contributed by atoms with Crippen LogP contribution >= 0.6 is 11.6 Å². The van der Waals surface area contributed by atoms with Crippen molar-refractivity contribution in [2.75, 3.05) is 11.4 Å². The summed E-state index contributed by atoms with van der Waals surface area (Å²) in [5.41, 5.74) is 4.22. The molecule has 0 unspecified atom stereocenters. The minimum atomic E-state index is -0.0299. The molecule has 0 bridgehead atoms. The predicted molar refractivity (Wildman–Crippen MR) is 92.9 cm³/mol. The Hall–Kier alpha value is -2.66. The maximum Gasteiger partial charge on any atom is 0.261 e. The predicted octanol–water partition coefficient (Wildman–Crippen LogP) is 3.43. The van der Waals surface area contributed by atoms with Gasteiger partial charge >= 0.3 is 0 Å². The first-order valence-corrected chi connectivity index (χ1v) is 8.08. The summed E-state index contributed by atoms with van der Waals surface area (Å²) in [7, 11) is 0. The number of hydrogen-bond donors (Lipinski definition) is 0. The first-order valence-electron chi connectivity index (χ1n) is 7.70. The van der Waals surface area contributed by atoms with E-state index in [1.807, 2.05) is 31.3 Å². The van der Waals surface area contributed by atoms with Gasteiger partial charge in [0.05, 0.1) is 22.6 Å². The van der Waals surface area contributed by atoms with E-state index in [0.717, 1.165) is 23.4 Å². The summed E-state index contributed by atoms with van der Waals surface area (Å²) in [6, 6.07) is 9.25. The Balaban J connectivity index is 1.68. The number of pyridine rings is 1. The van der Waals surface area contributed by atoms with Gasteiger partial charge in [0.25, 0.3) is 5.91 Å². The van der Waals surface area contributed by atoms with Crippen LogP contribution in [-0.2, 0) is 6.42 Å². The van der Waals surface area contributed by atoms with Crippen molar-refractivity contribution < 1.29 is 4.79 Å². The molecule has 120 valence electrons. The summed E-state index contributed by atoms with van der Waals surface area (Å²) >= 11 is 5.92. The second kappa shape index (κ2) is 5.76. The summed E-state index contributed by atoms with van der Waals surface area (Å²) in [6.07, 6.45) is 6.15. The van der Waals surface area contributed by atoms with E-state index in [0.29, 0.717) is 22.8 Å². The van der Waals surface area contributed by atoms with Gasteiger partial charge in [-0.2, -0.15) is 5.10 Å². The zero-order valence-corrected chi connectivity index (χ0v) is 13.9. The van der Waals surface area contributed by atoms with Gasteiger partial charge in [-0.05, 0) is 49.2 Å². The molecule has 2 aromatic heterocycles. The minimum Gasteiger partial charge on any atom is -0.308 e. The van der Waals surface area contributed by atoms with E-state index in [4.69, 9.17) is 11.6 Å². The smallest absolute Gasteiger partial charge is 0.261 e. The Labute approximate surface area is 144 Å². The monoisotopic (exact) mass is 338 g/mol. The fraction of sp³-hybridized carbons (Fsp3) is 0.167. The molecule has 1 aromatic carbocycles. The first kappa shape index (κ1) is 14.9. The van der Waals surface area contributed by atoms with E-state index in [-0.39, 0.29) is 5.91 Å². The molecule has 1 aliphatic rings. The number of amides is 1. The zero-order chi connectivity index (χ0) is 16.7. The lowest BCUT2D eigenvalue weighted by Crippen LogP contribution is -2.29. The molecule has 0 saturated heterocycles. The van der Waals surface area contributed by atoms with Crippen LogP contribution in [0.4, 0.5) is 5.69 Å². The normalized spacial score (nSPS) is 13.2. The Morgan fingerprint density at radius 1 is 1.21 bits per heavy atom. The van der Waals surface area contributed by atoms with E-state index < -0.39 is 0 Å². The highest BCUT2D eigenvalue weighted by Gasteiger charge is 2.27. The second-order valence-corrected chi connectivity index (χ2v) is 6.20. The van der Waals surface area contributed by atoms with Crippen LogP contribution in [0.15, 0.2) is 48.9 Å². The van der Waals surface area contributed by atoms with Crippen molar-refractivity contribution in [2.24, 2.45) is 0 Å². The number of rotatable bonds is 2. The summed E-state index contributed by atoms with van der Waals surface area (Å²) < 4.78 is 1.71. The van der Waals surface area contributed by atoms with E-state index in [2.05, 4.69) is 10.1 Å². The Bertz CT molecular complexity index is 917. The summed E-state index contributed by atoms with van der Waals surface area (Å²) in [6.45, 7) is 2.52. The molecule has 0 saturated carbocycles. The molecule has 3 aromatic rings. The number of carbonyl (C=O) groups excluding carboxylic acids is 1. The maximum absolute atomic E-state index is 13.0. The van der Waals surface area contributed by atoms with Crippen molar-refractivity contribution in [3.8, 4) is 5.69 Å². The highest BCUT2D eigenvalue weighted by molar-refractivity contribution is 6.30. The summed E-state index contributed by atoms with van der Waals surface area (Å²) in [4.78, 5) is 18.9. The van der Waals surface area contributed by atoms with Gasteiger partial charge in [0.1, 0.15) is 0 Å². The summed E-state index contributed by atoms with van der Waals surface area (Å²) in [5.74, 6) is -0.0299. The van der Waals surface area contributed by atoms with Crippen molar-refractivity contribution in [3.63, 3.8) is 0 Å². The molecule has 5 nitrogen and oxygen atoms in total. The van der Waals surface area contributed by atoms with Crippen molar-refractivity contribution in [1.82, 2.24) is 14.8 Å². The summed E-state index contributed by atoms with van der Waals surface area (Å²) in [5, 5.41) is 5.14. The number of hydrogen-bond acceptors (Lipinski definition) is 3. The van der Waals surface area contributed by atoms with Gasteiger partial charge in [-0.1, -0.05) is 11.6 Å². The molecule has 0 fully saturated rings. The van der Waals surface area contributed by atoms with Crippen molar-refractivity contribution in [3.05, 3.63) is 70.8 Å². The van der Waals surface area contributed by atoms with E-state index >= 15 is 0 Å². The fourth-order valence-corrected chi connectivity index (χ4v) is 3.11. The van der Waals surface area contributed by atoms with Gasteiger partial charge < -0.3 is 4.90 Å². The van der Waals surface area contributed by atoms with E-state index in [1.54, 1.807) is 34.1 Å². The van der Waals surface area contributed by atoms with E-state index in [9.17, 15) is 4.79 Å². The Kier molecular flexibility index (Phi) is 3.58. The average Bonchev–Trinajstić information content (AvgIpc) is 3.19. The molecule has 3 heterocycles. The lowest BCUT2D eigenvalue weighted by Gasteiger charge is -2.16. The highest BCUT2D eigenvalue weighted by atomic mass is 35.5.